The summed E-state index contributed by atoms with van der Waals surface area (Å²) in [5.74, 6) is 0.134. The standard InChI is InChI=1S/C34H26O6/c1-21-22(2)32(40-34(38)28-9-5-24(6-10-28)26-13-17-30(36)18-14-26)20-19-31(21)39-33(37)27-7-3-23(4-8-27)25-11-15-29(35)16-12-25/h3-20,35-36H,1-2H3. The lowest BCUT2D eigenvalue weighted by molar-refractivity contribution is 0.0717. The molecule has 0 saturated heterocycles. The lowest BCUT2D eigenvalue weighted by atomic mass is 10.0. The van der Waals surface area contributed by atoms with E-state index in [1.807, 2.05) is 24.3 Å². The van der Waals surface area contributed by atoms with Gasteiger partial charge >= 0.3 is 11.9 Å². The molecule has 6 heteroatoms. The van der Waals surface area contributed by atoms with Crippen LogP contribution in [-0.2, 0) is 0 Å². The summed E-state index contributed by atoms with van der Waals surface area (Å²) < 4.78 is 11.3. The van der Waals surface area contributed by atoms with E-state index in [9.17, 15) is 19.8 Å². The van der Waals surface area contributed by atoms with Crippen molar-refractivity contribution in [3.05, 3.63) is 131 Å². The number of aromatic hydroxyl groups is 2. The number of phenolic OH excluding ortho intramolecular Hbond substituents is 2. The van der Waals surface area contributed by atoms with Gasteiger partial charge in [0, 0.05) is 0 Å². The highest BCUT2D eigenvalue weighted by molar-refractivity contribution is 5.93. The zero-order chi connectivity index (χ0) is 28.2. The van der Waals surface area contributed by atoms with Crippen LogP contribution >= 0.6 is 0 Å². The Hall–Kier alpha value is -5.36. The van der Waals surface area contributed by atoms with Crippen molar-refractivity contribution in [3.8, 4) is 45.3 Å². The second kappa shape index (κ2) is 11.2. The van der Waals surface area contributed by atoms with Crippen molar-refractivity contribution in [1.29, 1.82) is 0 Å². The van der Waals surface area contributed by atoms with E-state index in [4.69, 9.17) is 9.47 Å². The van der Waals surface area contributed by atoms with Gasteiger partial charge in [-0.2, -0.15) is 0 Å². The monoisotopic (exact) mass is 530 g/mol. The van der Waals surface area contributed by atoms with Gasteiger partial charge in [0.25, 0.3) is 0 Å². The molecule has 0 bridgehead atoms. The summed E-state index contributed by atoms with van der Waals surface area (Å²) in [5, 5.41) is 18.9. The van der Waals surface area contributed by atoms with Crippen molar-refractivity contribution >= 4 is 11.9 Å². The molecule has 0 spiro atoms. The molecular formula is C34H26O6. The van der Waals surface area contributed by atoms with Crippen molar-refractivity contribution in [3.63, 3.8) is 0 Å². The third kappa shape index (κ3) is 5.71. The largest absolute Gasteiger partial charge is 0.508 e. The molecule has 2 N–H and O–H groups in total. The number of hydrogen-bond donors (Lipinski definition) is 2. The Bertz CT molecular complexity index is 1540. The molecule has 0 fully saturated rings. The first kappa shape index (κ1) is 26.3. The van der Waals surface area contributed by atoms with Crippen molar-refractivity contribution in [2.75, 3.05) is 0 Å². The highest BCUT2D eigenvalue weighted by Gasteiger charge is 2.17. The molecule has 0 aliphatic heterocycles. The SMILES string of the molecule is Cc1c(OC(=O)c2ccc(-c3ccc(O)cc3)cc2)ccc(OC(=O)c2ccc(-c3ccc(O)cc3)cc2)c1C. The summed E-state index contributed by atoms with van der Waals surface area (Å²) >= 11 is 0. The molecule has 5 rings (SSSR count). The van der Waals surface area contributed by atoms with Crippen molar-refractivity contribution in [1.82, 2.24) is 0 Å². The first-order valence-corrected chi connectivity index (χ1v) is 12.6. The van der Waals surface area contributed by atoms with Crippen LogP contribution in [0, 0.1) is 13.8 Å². The Morgan fingerprint density at radius 3 is 1.02 bits per heavy atom. The van der Waals surface area contributed by atoms with Gasteiger partial charge in [-0.25, -0.2) is 9.59 Å². The van der Waals surface area contributed by atoms with E-state index >= 15 is 0 Å². The second-order valence-corrected chi connectivity index (χ2v) is 9.34. The molecule has 0 atom stereocenters. The topological polar surface area (TPSA) is 93.1 Å². The number of carbonyl (C=O) groups excluding carboxylic acids is 2. The summed E-state index contributed by atoms with van der Waals surface area (Å²) in [6, 6.07) is 30.9. The number of hydrogen-bond acceptors (Lipinski definition) is 6. The van der Waals surface area contributed by atoms with E-state index in [0.717, 1.165) is 22.3 Å². The van der Waals surface area contributed by atoms with E-state index in [2.05, 4.69) is 0 Å². The van der Waals surface area contributed by atoms with Crippen LogP contribution < -0.4 is 9.47 Å². The van der Waals surface area contributed by atoms with Crippen LogP contribution in [0.15, 0.2) is 109 Å². The van der Waals surface area contributed by atoms with Crippen molar-refractivity contribution in [2.45, 2.75) is 13.8 Å². The number of ether oxygens (including phenoxy) is 2. The third-order valence-corrected chi connectivity index (χ3v) is 6.74. The summed E-state index contributed by atoms with van der Waals surface area (Å²) in [5.41, 5.74) is 5.81. The van der Waals surface area contributed by atoms with Gasteiger partial charge in [0.05, 0.1) is 11.1 Å². The fourth-order valence-electron chi connectivity index (χ4n) is 4.21. The minimum absolute atomic E-state index is 0.191. The minimum atomic E-state index is -0.502. The maximum absolute atomic E-state index is 12.8. The first-order chi connectivity index (χ1) is 19.3. The molecule has 0 saturated carbocycles. The van der Waals surface area contributed by atoms with Crippen molar-refractivity contribution in [2.24, 2.45) is 0 Å². The maximum Gasteiger partial charge on any atom is 0.343 e. The zero-order valence-corrected chi connectivity index (χ0v) is 21.9. The molecular weight excluding hydrogens is 504 g/mol. The normalized spacial score (nSPS) is 10.7. The quantitative estimate of drug-likeness (QED) is 0.175. The van der Waals surface area contributed by atoms with Gasteiger partial charge in [-0.15, -0.1) is 0 Å². The lowest BCUT2D eigenvalue weighted by Crippen LogP contribution is -2.12. The van der Waals surface area contributed by atoms with E-state index in [0.29, 0.717) is 33.8 Å². The molecule has 198 valence electrons. The smallest absolute Gasteiger partial charge is 0.343 e. The van der Waals surface area contributed by atoms with Gasteiger partial charge in [-0.3, -0.25) is 0 Å². The molecule has 0 aromatic heterocycles. The van der Waals surface area contributed by atoms with Gasteiger partial charge in [0.1, 0.15) is 23.0 Å². The van der Waals surface area contributed by atoms with Crippen LogP contribution in [-0.4, -0.2) is 22.2 Å². The molecule has 5 aromatic carbocycles. The maximum atomic E-state index is 12.8. The lowest BCUT2D eigenvalue weighted by Gasteiger charge is -2.14. The average Bonchev–Trinajstić information content (AvgIpc) is 2.98. The fraction of sp³-hybridized carbons (Fsp3) is 0.0588. The zero-order valence-electron chi connectivity index (χ0n) is 21.9. The summed E-state index contributed by atoms with van der Waals surface area (Å²) in [4.78, 5) is 25.6. The van der Waals surface area contributed by atoms with Gasteiger partial charge < -0.3 is 19.7 Å². The number of carbonyl (C=O) groups is 2. The first-order valence-electron chi connectivity index (χ1n) is 12.6. The Kier molecular flexibility index (Phi) is 7.33. The molecule has 40 heavy (non-hydrogen) atoms. The van der Waals surface area contributed by atoms with Crippen molar-refractivity contribution < 1.29 is 29.3 Å². The summed E-state index contributed by atoms with van der Waals surface area (Å²) in [6.07, 6.45) is 0. The second-order valence-electron chi connectivity index (χ2n) is 9.34. The summed E-state index contributed by atoms with van der Waals surface area (Å²) in [6.45, 7) is 3.60. The highest BCUT2D eigenvalue weighted by Crippen LogP contribution is 2.31. The van der Waals surface area contributed by atoms with E-state index in [1.54, 1.807) is 98.8 Å². The Morgan fingerprint density at radius 1 is 0.450 bits per heavy atom. The number of benzene rings is 5. The van der Waals surface area contributed by atoms with Gasteiger partial charge in [-0.1, -0.05) is 48.5 Å². The predicted molar refractivity (Wildman–Crippen MR) is 153 cm³/mol. The molecule has 0 aliphatic rings. The number of rotatable bonds is 6. The number of esters is 2. The highest BCUT2D eigenvalue weighted by atomic mass is 16.5. The molecule has 0 radical (unpaired) electrons. The molecule has 0 aliphatic carbocycles. The minimum Gasteiger partial charge on any atom is -0.508 e. The molecule has 6 nitrogen and oxygen atoms in total. The summed E-state index contributed by atoms with van der Waals surface area (Å²) in [7, 11) is 0. The van der Waals surface area contributed by atoms with Crippen LogP contribution in [0.4, 0.5) is 0 Å². The Balaban J connectivity index is 1.25. The van der Waals surface area contributed by atoms with Crippen LogP contribution in [0.1, 0.15) is 31.8 Å². The van der Waals surface area contributed by atoms with Gasteiger partial charge in [-0.05, 0) is 108 Å². The third-order valence-electron chi connectivity index (χ3n) is 6.74. The van der Waals surface area contributed by atoms with E-state index in [-0.39, 0.29) is 11.5 Å². The van der Waals surface area contributed by atoms with Crippen LogP contribution in [0.3, 0.4) is 0 Å². The molecule has 0 heterocycles. The molecule has 5 aromatic rings. The van der Waals surface area contributed by atoms with Crippen LogP contribution in [0.2, 0.25) is 0 Å². The van der Waals surface area contributed by atoms with Gasteiger partial charge in [0.15, 0.2) is 0 Å². The molecule has 0 unspecified atom stereocenters. The average molecular weight is 531 g/mol. The van der Waals surface area contributed by atoms with Gasteiger partial charge in [0.2, 0.25) is 0 Å². The van der Waals surface area contributed by atoms with E-state index < -0.39 is 11.9 Å². The van der Waals surface area contributed by atoms with E-state index in [1.165, 1.54) is 0 Å². The molecule has 0 amide bonds. The Labute approximate surface area is 231 Å². The van der Waals surface area contributed by atoms with Crippen LogP contribution in [0.25, 0.3) is 22.3 Å². The predicted octanol–water partition coefficient (Wildman–Crippen LogP) is 7.49. The Morgan fingerprint density at radius 2 is 0.725 bits per heavy atom. The number of phenols is 2. The van der Waals surface area contributed by atoms with Crippen LogP contribution in [0.5, 0.6) is 23.0 Å². The fourth-order valence-corrected chi connectivity index (χ4v) is 4.21.